The fourth-order valence-corrected chi connectivity index (χ4v) is 1.80. The number of benzene rings is 1. The van der Waals surface area contributed by atoms with E-state index in [9.17, 15) is 9.18 Å². The minimum absolute atomic E-state index is 0.00673. The number of halogens is 2. The van der Waals surface area contributed by atoms with Crippen LogP contribution in [0.3, 0.4) is 0 Å². The average Bonchev–Trinajstić information content (AvgIpc) is 2.36. The monoisotopic (exact) mass is 323 g/mol. The molecule has 0 radical (unpaired) electrons. The molecular weight excluding hydrogens is 313 g/mol. The zero-order chi connectivity index (χ0) is 14.0. The first-order valence-corrected chi connectivity index (χ1v) is 6.25. The molecule has 0 saturated carbocycles. The number of carbonyl (C=O) groups is 1. The van der Waals surface area contributed by atoms with Gasteiger partial charge in [0.2, 0.25) is 0 Å². The molecule has 1 aromatic heterocycles. The molecule has 6 heteroatoms. The van der Waals surface area contributed by atoms with Crippen LogP contribution in [0, 0.1) is 12.7 Å². The van der Waals surface area contributed by atoms with Crippen molar-refractivity contribution in [1.82, 2.24) is 4.98 Å². The molecule has 0 aliphatic carbocycles. The smallest absolute Gasteiger partial charge is 0.259 e. The Hall–Kier alpha value is -1.95. The van der Waals surface area contributed by atoms with Gasteiger partial charge in [0.1, 0.15) is 11.6 Å². The molecule has 0 fully saturated rings. The lowest BCUT2D eigenvalue weighted by molar-refractivity contribution is 0.102. The third kappa shape index (κ3) is 3.08. The predicted molar refractivity (Wildman–Crippen MR) is 75.4 cm³/mol. The number of carbonyl (C=O) groups excluding carboxylic acids is 1. The van der Waals surface area contributed by atoms with Gasteiger partial charge in [0.15, 0.2) is 0 Å². The first-order chi connectivity index (χ1) is 8.97. The molecule has 3 N–H and O–H groups in total. The first-order valence-electron chi connectivity index (χ1n) is 5.46. The molecule has 1 aromatic carbocycles. The maximum absolute atomic E-state index is 13.1. The lowest BCUT2D eigenvalue weighted by Gasteiger charge is -2.08. The molecule has 2 aromatic rings. The van der Waals surface area contributed by atoms with Crippen LogP contribution in [0.4, 0.5) is 15.9 Å². The van der Waals surface area contributed by atoms with Crippen LogP contribution in [0.2, 0.25) is 0 Å². The zero-order valence-electron chi connectivity index (χ0n) is 10.1. The van der Waals surface area contributed by atoms with Gasteiger partial charge >= 0.3 is 0 Å². The van der Waals surface area contributed by atoms with E-state index in [1.165, 1.54) is 0 Å². The van der Waals surface area contributed by atoms with Gasteiger partial charge < -0.3 is 11.1 Å². The SMILES string of the molecule is Cc1cc(NC(=O)c2cc(F)cnc2N)ccc1Br. The fraction of sp³-hybridized carbons (Fsp3) is 0.0769. The summed E-state index contributed by atoms with van der Waals surface area (Å²) < 4.78 is 14.0. The number of nitrogens with one attached hydrogen (secondary N) is 1. The van der Waals surface area contributed by atoms with Crippen molar-refractivity contribution < 1.29 is 9.18 Å². The normalized spacial score (nSPS) is 10.3. The van der Waals surface area contributed by atoms with E-state index in [4.69, 9.17) is 5.73 Å². The van der Waals surface area contributed by atoms with E-state index in [1.54, 1.807) is 12.1 Å². The maximum atomic E-state index is 13.1. The molecule has 0 saturated heterocycles. The Morgan fingerprint density at radius 1 is 1.42 bits per heavy atom. The molecule has 0 unspecified atom stereocenters. The summed E-state index contributed by atoms with van der Waals surface area (Å²) in [5.41, 5.74) is 7.15. The van der Waals surface area contributed by atoms with Gasteiger partial charge in [0.25, 0.3) is 5.91 Å². The minimum Gasteiger partial charge on any atom is -0.383 e. The number of pyridine rings is 1. The number of aryl methyl sites for hydroxylation is 1. The van der Waals surface area contributed by atoms with E-state index in [0.717, 1.165) is 22.3 Å². The quantitative estimate of drug-likeness (QED) is 0.892. The zero-order valence-corrected chi connectivity index (χ0v) is 11.7. The number of nitrogens with two attached hydrogens (primary N) is 1. The molecule has 0 bridgehead atoms. The van der Waals surface area contributed by atoms with Crippen LogP contribution in [0.25, 0.3) is 0 Å². The van der Waals surface area contributed by atoms with Crippen molar-refractivity contribution in [2.45, 2.75) is 6.92 Å². The van der Waals surface area contributed by atoms with E-state index in [2.05, 4.69) is 26.2 Å². The van der Waals surface area contributed by atoms with Crippen LogP contribution in [0.15, 0.2) is 34.9 Å². The summed E-state index contributed by atoms with van der Waals surface area (Å²) in [6.07, 6.45) is 0.968. The highest BCUT2D eigenvalue weighted by Crippen LogP contribution is 2.21. The van der Waals surface area contributed by atoms with Crippen LogP contribution < -0.4 is 11.1 Å². The number of aromatic nitrogens is 1. The fourth-order valence-electron chi connectivity index (χ4n) is 1.55. The van der Waals surface area contributed by atoms with Crippen molar-refractivity contribution in [3.8, 4) is 0 Å². The topological polar surface area (TPSA) is 68.0 Å². The second-order valence-corrected chi connectivity index (χ2v) is 4.86. The summed E-state index contributed by atoms with van der Waals surface area (Å²) in [4.78, 5) is 15.6. The molecular formula is C13H11BrFN3O. The average molecular weight is 324 g/mol. The Balaban J connectivity index is 2.25. The van der Waals surface area contributed by atoms with Gasteiger partial charge in [-0.25, -0.2) is 9.37 Å². The van der Waals surface area contributed by atoms with Gasteiger partial charge in [-0.15, -0.1) is 0 Å². The van der Waals surface area contributed by atoms with Crippen molar-refractivity contribution in [3.63, 3.8) is 0 Å². The first kappa shape index (κ1) is 13.5. The van der Waals surface area contributed by atoms with Crippen LogP contribution >= 0.6 is 15.9 Å². The molecule has 19 heavy (non-hydrogen) atoms. The van der Waals surface area contributed by atoms with Crippen LogP contribution in [0.5, 0.6) is 0 Å². The number of amides is 1. The second kappa shape index (κ2) is 5.36. The lowest BCUT2D eigenvalue weighted by Crippen LogP contribution is -2.15. The Labute approximate surface area is 118 Å². The van der Waals surface area contributed by atoms with Crippen LogP contribution in [-0.4, -0.2) is 10.9 Å². The van der Waals surface area contributed by atoms with E-state index in [-0.39, 0.29) is 11.4 Å². The number of hydrogen-bond acceptors (Lipinski definition) is 3. The molecule has 1 heterocycles. The number of nitrogens with zero attached hydrogens (tertiary/aromatic N) is 1. The van der Waals surface area contributed by atoms with Crippen molar-refractivity contribution in [2.75, 3.05) is 11.1 Å². The molecule has 0 aliphatic rings. The summed E-state index contributed by atoms with van der Waals surface area (Å²) in [7, 11) is 0. The molecule has 98 valence electrons. The van der Waals surface area contributed by atoms with Crippen LogP contribution in [0.1, 0.15) is 15.9 Å². The largest absolute Gasteiger partial charge is 0.383 e. The molecule has 4 nitrogen and oxygen atoms in total. The summed E-state index contributed by atoms with van der Waals surface area (Å²) in [5.74, 6) is -1.11. The van der Waals surface area contributed by atoms with E-state index < -0.39 is 11.7 Å². The van der Waals surface area contributed by atoms with Crippen molar-refractivity contribution in [2.24, 2.45) is 0 Å². The highest BCUT2D eigenvalue weighted by molar-refractivity contribution is 9.10. The van der Waals surface area contributed by atoms with Gasteiger partial charge in [-0.3, -0.25) is 4.79 Å². The number of rotatable bonds is 2. The molecule has 2 rings (SSSR count). The molecule has 0 aliphatic heterocycles. The van der Waals surface area contributed by atoms with E-state index in [1.807, 2.05) is 13.0 Å². The predicted octanol–water partition coefficient (Wildman–Crippen LogP) is 3.13. The Bertz CT molecular complexity index is 646. The van der Waals surface area contributed by atoms with E-state index >= 15 is 0 Å². The van der Waals surface area contributed by atoms with Gasteiger partial charge in [-0.2, -0.15) is 0 Å². The highest BCUT2D eigenvalue weighted by atomic mass is 79.9. The lowest BCUT2D eigenvalue weighted by atomic mass is 10.2. The summed E-state index contributed by atoms with van der Waals surface area (Å²) in [5, 5.41) is 2.65. The Kier molecular flexibility index (Phi) is 3.80. The summed E-state index contributed by atoms with van der Waals surface area (Å²) >= 11 is 3.37. The summed E-state index contributed by atoms with van der Waals surface area (Å²) in [6, 6.07) is 6.41. The second-order valence-electron chi connectivity index (χ2n) is 4.00. The molecule has 1 amide bonds. The van der Waals surface area contributed by atoms with Gasteiger partial charge in [0, 0.05) is 10.2 Å². The van der Waals surface area contributed by atoms with Crippen LogP contribution in [-0.2, 0) is 0 Å². The number of anilines is 2. The third-order valence-electron chi connectivity index (χ3n) is 2.55. The Morgan fingerprint density at radius 2 is 2.16 bits per heavy atom. The van der Waals surface area contributed by atoms with Gasteiger partial charge in [-0.1, -0.05) is 15.9 Å². The maximum Gasteiger partial charge on any atom is 0.259 e. The number of nitrogen functional groups attached to an aromatic ring is 1. The standard InChI is InChI=1S/C13H11BrFN3O/c1-7-4-9(2-3-11(7)14)18-13(19)10-5-8(15)6-17-12(10)16/h2-6H,1H3,(H2,16,17)(H,18,19). The Morgan fingerprint density at radius 3 is 2.84 bits per heavy atom. The van der Waals surface area contributed by atoms with Gasteiger partial charge in [-0.05, 0) is 36.8 Å². The van der Waals surface area contributed by atoms with E-state index in [0.29, 0.717) is 5.69 Å². The summed E-state index contributed by atoms with van der Waals surface area (Å²) in [6.45, 7) is 1.90. The molecule has 0 atom stereocenters. The molecule has 0 spiro atoms. The number of hydrogen-bond donors (Lipinski definition) is 2. The highest BCUT2D eigenvalue weighted by Gasteiger charge is 2.12. The third-order valence-corrected chi connectivity index (χ3v) is 3.44. The van der Waals surface area contributed by atoms with Crippen molar-refractivity contribution in [1.29, 1.82) is 0 Å². The van der Waals surface area contributed by atoms with Crippen molar-refractivity contribution >= 4 is 33.3 Å². The van der Waals surface area contributed by atoms with Crippen molar-refractivity contribution in [3.05, 3.63) is 51.9 Å². The minimum atomic E-state index is -0.605. The van der Waals surface area contributed by atoms with Gasteiger partial charge in [0.05, 0.1) is 11.8 Å².